The number of benzene rings is 1. The molecule has 0 aliphatic heterocycles. The SMILES string of the molecule is CC(C)C(=O)/C=C\NCc1ccccc1. The van der Waals surface area contributed by atoms with E-state index in [4.69, 9.17) is 0 Å². The smallest absolute Gasteiger partial charge is 0.159 e. The highest BCUT2D eigenvalue weighted by Gasteiger charge is 2.00. The normalized spacial score (nSPS) is 10.9. The molecular weight excluding hydrogens is 186 g/mol. The highest BCUT2D eigenvalue weighted by Crippen LogP contribution is 1.97. The van der Waals surface area contributed by atoms with Gasteiger partial charge >= 0.3 is 0 Å². The molecule has 0 radical (unpaired) electrons. The molecular formula is C13H17NO. The van der Waals surface area contributed by atoms with Crippen LogP contribution in [0.25, 0.3) is 0 Å². The Hall–Kier alpha value is -1.57. The van der Waals surface area contributed by atoms with Gasteiger partial charge in [0.15, 0.2) is 5.78 Å². The molecule has 15 heavy (non-hydrogen) atoms. The molecule has 0 atom stereocenters. The van der Waals surface area contributed by atoms with Gasteiger partial charge in [0, 0.05) is 18.7 Å². The Morgan fingerprint density at radius 1 is 1.33 bits per heavy atom. The van der Waals surface area contributed by atoms with Crippen molar-refractivity contribution < 1.29 is 4.79 Å². The topological polar surface area (TPSA) is 29.1 Å². The van der Waals surface area contributed by atoms with E-state index in [-0.39, 0.29) is 11.7 Å². The van der Waals surface area contributed by atoms with Crippen LogP contribution in [-0.2, 0) is 11.3 Å². The number of hydrogen-bond donors (Lipinski definition) is 1. The lowest BCUT2D eigenvalue weighted by atomic mass is 10.1. The summed E-state index contributed by atoms with van der Waals surface area (Å²) in [6.45, 7) is 4.54. The number of hydrogen-bond acceptors (Lipinski definition) is 2. The van der Waals surface area contributed by atoms with Crippen molar-refractivity contribution in [2.24, 2.45) is 5.92 Å². The minimum absolute atomic E-state index is 0.0692. The minimum Gasteiger partial charge on any atom is -0.387 e. The molecule has 0 heterocycles. The van der Waals surface area contributed by atoms with E-state index in [2.05, 4.69) is 5.32 Å². The zero-order chi connectivity index (χ0) is 11.1. The molecule has 1 aromatic rings. The second-order valence-electron chi connectivity index (χ2n) is 3.76. The van der Waals surface area contributed by atoms with Crippen LogP contribution >= 0.6 is 0 Å². The fourth-order valence-electron chi connectivity index (χ4n) is 1.11. The van der Waals surface area contributed by atoms with E-state index < -0.39 is 0 Å². The molecule has 0 bridgehead atoms. The van der Waals surface area contributed by atoms with Crippen molar-refractivity contribution in [1.29, 1.82) is 0 Å². The van der Waals surface area contributed by atoms with Crippen molar-refractivity contribution in [2.75, 3.05) is 0 Å². The number of ketones is 1. The van der Waals surface area contributed by atoms with E-state index in [1.165, 1.54) is 5.56 Å². The molecule has 0 fully saturated rings. The van der Waals surface area contributed by atoms with E-state index in [1.54, 1.807) is 12.3 Å². The molecule has 0 saturated heterocycles. The van der Waals surface area contributed by atoms with Crippen molar-refractivity contribution in [3.05, 3.63) is 48.2 Å². The van der Waals surface area contributed by atoms with Crippen LogP contribution in [0.5, 0.6) is 0 Å². The first kappa shape index (κ1) is 11.5. The second kappa shape index (κ2) is 6.02. The molecule has 0 saturated carbocycles. The van der Waals surface area contributed by atoms with Gasteiger partial charge in [0.25, 0.3) is 0 Å². The molecule has 2 nitrogen and oxygen atoms in total. The standard InChI is InChI=1S/C13H17NO/c1-11(2)13(15)8-9-14-10-12-6-4-3-5-7-12/h3-9,11,14H,10H2,1-2H3/b9-8-. The van der Waals surface area contributed by atoms with Gasteiger partial charge in [-0.15, -0.1) is 0 Å². The van der Waals surface area contributed by atoms with Crippen LogP contribution in [0.3, 0.4) is 0 Å². The van der Waals surface area contributed by atoms with Gasteiger partial charge in [-0.1, -0.05) is 44.2 Å². The lowest BCUT2D eigenvalue weighted by Gasteiger charge is -2.01. The monoisotopic (exact) mass is 203 g/mol. The highest BCUT2D eigenvalue weighted by atomic mass is 16.1. The number of carbonyl (C=O) groups is 1. The third-order valence-electron chi connectivity index (χ3n) is 2.08. The van der Waals surface area contributed by atoms with E-state index in [1.807, 2.05) is 44.2 Å². The van der Waals surface area contributed by atoms with Crippen LogP contribution in [0.2, 0.25) is 0 Å². The zero-order valence-electron chi connectivity index (χ0n) is 9.23. The predicted octanol–water partition coefficient (Wildman–Crippen LogP) is 2.52. The Balaban J connectivity index is 2.31. The Bertz CT molecular complexity index is 328. The van der Waals surface area contributed by atoms with Gasteiger partial charge in [0.2, 0.25) is 0 Å². The molecule has 1 aromatic carbocycles. The Kier molecular flexibility index (Phi) is 4.61. The van der Waals surface area contributed by atoms with E-state index >= 15 is 0 Å². The number of nitrogens with one attached hydrogen (secondary N) is 1. The Morgan fingerprint density at radius 2 is 2.00 bits per heavy atom. The van der Waals surface area contributed by atoms with Crippen LogP contribution < -0.4 is 5.32 Å². The first-order valence-corrected chi connectivity index (χ1v) is 5.18. The third-order valence-corrected chi connectivity index (χ3v) is 2.08. The molecule has 0 unspecified atom stereocenters. The molecule has 2 heteroatoms. The average Bonchev–Trinajstić information content (AvgIpc) is 2.25. The molecule has 80 valence electrons. The first-order chi connectivity index (χ1) is 7.20. The molecule has 1 rings (SSSR count). The maximum Gasteiger partial charge on any atom is 0.159 e. The van der Waals surface area contributed by atoms with Crippen molar-refractivity contribution in [3.63, 3.8) is 0 Å². The number of rotatable bonds is 5. The fraction of sp³-hybridized carbons (Fsp3) is 0.308. The lowest BCUT2D eigenvalue weighted by molar-refractivity contribution is -0.117. The zero-order valence-corrected chi connectivity index (χ0v) is 9.23. The van der Waals surface area contributed by atoms with Gasteiger partial charge in [-0.25, -0.2) is 0 Å². The Morgan fingerprint density at radius 3 is 2.60 bits per heavy atom. The summed E-state index contributed by atoms with van der Waals surface area (Å²) >= 11 is 0. The molecule has 0 amide bonds. The minimum atomic E-state index is 0.0692. The quantitative estimate of drug-likeness (QED) is 0.745. The average molecular weight is 203 g/mol. The van der Waals surface area contributed by atoms with Gasteiger partial charge < -0.3 is 5.32 Å². The fourth-order valence-corrected chi connectivity index (χ4v) is 1.11. The highest BCUT2D eigenvalue weighted by molar-refractivity contribution is 5.90. The second-order valence-corrected chi connectivity index (χ2v) is 3.76. The van der Waals surface area contributed by atoms with Crippen molar-refractivity contribution >= 4 is 5.78 Å². The number of allylic oxidation sites excluding steroid dienone is 1. The van der Waals surface area contributed by atoms with Crippen molar-refractivity contribution in [1.82, 2.24) is 5.32 Å². The van der Waals surface area contributed by atoms with E-state index in [0.717, 1.165) is 6.54 Å². The summed E-state index contributed by atoms with van der Waals surface area (Å²) < 4.78 is 0. The van der Waals surface area contributed by atoms with Crippen molar-refractivity contribution in [3.8, 4) is 0 Å². The third kappa shape index (κ3) is 4.45. The molecule has 0 aliphatic carbocycles. The van der Waals surface area contributed by atoms with Crippen LogP contribution in [0, 0.1) is 5.92 Å². The van der Waals surface area contributed by atoms with Crippen LogP contribution in [-0.4, -0.2) is 5.78 Å². The summed E-state index contributed by atoms with van der Waals surface area (Å²) in [6, 6.07) is 10.1. The van der Waals surface area contributed by atoms with Crippen LogP contribution in [0.15, 0.2) is 42.6 Å². The van der Waals surface area contributed by atoms with E-state index in [9.17, 15) is 4.79 Å². The molecule has 0 spiro atoms. The summed E-state index contributed by atoms with van der Waals surface area (Å²) in [5.74, 6) is 0.218. The molecule has 0 aliphatic rings. The van der Waals surface area contributed by atoms with Gasteiger partial charge in [-0.2, -0.15) is 0 Å². The largest absolute Gasteiger partial charge is 0.387 e. The lowest BCUT2D eigenvalue weighted by Crippen LogP contribution is -2.08. The van der Waals surface area contributed by atoms with Crippen molar-refractivity contribution in [2.45, 2.75) is 20.4 Å². The predicted molar refractivity (Wildman–Crippen MR) is 62.3 cm³/mol. The maximum absolute atomic E-state index is 11.2. The summed E-state index contributed by atoms with van der Waals surface area (Å²) in [4.78, 5) is 11.2. The summed E-state index contributed by atoms with van der Waals surface area (Å²) in [6.07, 6.45) is 3.31. The van der Waals surface area contributed by atoms with Gasteiger partial charge in [-0.05, 0) is 11.6 Å². The van der Waals surface area contributed by atoms with Gasteiger partial charge in [0.1, 0.15) is 0 Å². The van der Waals surface area contributed by atoms with Crippen LogP contribution in [0.4, 0.5) is 0 Å². The molecule has 1 N–H and O–H groups in total. The van der Waals surface area contributed by atoms with Crippen LogP contribution in [0.1, 0.15) is 19.4 Å². The van der Waals surface area contributed by atoms with Gasteiger partial charge in [0.05, 0.1) is 0 Å². The summed E-state index contributed by atoms with van der Waals surface area (Å²) in [5, 5.41) is 3.09. The summed E-state index contributed by atoms with van der Waals surface area (Å²) in [7, 11) is 0. The maximum atomic E-state index is 11.2. The summed E-state index contributed by atoms with van der Waals surface area (Å²) in [5.41, 5.74) is 1.21. The van der Waals surface area contributed by atoms with Gasteiger partial charge in [-0.3, -0.25) is 4.79 Å². The first-order valence-electron chi connectivity index (χ1n) is 5.18. The molecule has 0 aromatic heterocycles. The number of carbonyl (C=O) groups excluding carboxylic acids is 1. The Labute approximate surface area is 91.0 Å². The van der Waals surface area contributed by atoms with E-state index in [0.29, 0.717) is 0 Å².